The number of anilines is 2. The number of hydrogen-bond acceptors (Lipinski definition) is 2. The predicted octanol–water partition coefficient (Wildman–Crippen LogP) is 3.72. The van der Waals surface area contributed by atoms with Gasteiger partial charge in [-0.3, -0.25) is 0 Å². The van der Waals surface area contributed by atoms with Crippen LogP contribution in [0.3, 0.4) is 0 Å². The van der Waals surface area contributed by atoms with Crippen molar-refractivity contribution in [1.29, 1.82) is 0 Å². The van der Waals surface area contributed by atoms with E-state index >= 15 is 0 Å². The molecule has 2 rings (SSSR count). The molecule has 1 aromatic carbocycles. The van der Waals surface area contributed by atoms with Gasteiger partial charge in [-0.15, -0.1) is 0 Å². The van der Waals surface area contributed by atoms with Crippen molar-refractivity contribution in [3.05, 3.63) is 22.2 Å². The van der Waals surface area contributed by atoms with Crippen molar-refractivity contribution >= 4 is 27.3 Å². The van der Waals surface area contributed by atoms with Crippen LogP contribution in [-0.2, 0) is 0 Å². The average molecular weight is 283 g/mol. The van der Waals surface area contributed by atoms with Gasteiger partial charge in [0.15, 0.2) is 0 Å². The summed E-state index contributed by atoms with van der Waals surface area (Å²) in [7, 11) is 0. The molecule has 0 amide bonds. The monoisotopic (exact) mass is 282 g/mol. The zero-order valence-electron chi connectivity index (χ0n) is 9.96. The van der Waals surface area contributed by atoms with Crippen molar-refractivity contribution in [3.63, 3.8) is 0 Å². The summed E-state index contributed by atoms with van der Waals surface area (Å²) in [6, 6.07) is 4.80. The minimum Gasteiger partial charge on any atom is -0.397 e. The Labute approximate surface area is 106 Å². The van der Waals surface area contributed by atoms with Gasteiger partial charge in [0.25, 0.3) is 0 Å². The molecule has 2 nitrogen and oxygen atoms in total. The SMILES string of the molecule is Cc1cc(N)c(N2CCCC[C@H]2C)c(Br)c1. The van der Waals surface area contributed by atoms with Gasteiger partial charge in [0.2, 0.25) is 0 Å². The Kier molecular flexibility index (Phi) is 3.43. The molecule has 0 saturated carbocycles. The minimum atomic E-state index is 0.593. The minimum absolute atomic E-state index is 0.593. The molecule has 1 heterocycles. The third-order valence-corrected chi connectivity index (χ3v) is 3.93. The molecule has 0 aromatic heterocycles. The summed E-state index contributed by atoms with van der Waals surface area (Å²) in [5.41, 5.74) is 9.42. The number of aryl methyl sites for hydroxylation is 1. The smallest absolute Gasteiger partial charge is 0.0746 e. The van der Waals surface area contributed by atoms with E-state index in [4.69, 9.17) is 5.73 Å². The van der Waals surface area contributed by atoms with Crippen LogP contribution in [0.15, 0.2) is 16.6 Å². The van der Waals surface area contributed by atoms with Crippen molar-refractivity contribution in [2.45, 2.75) is 39.2 Å². The van der Waals surface area contributed by atoms with E-state index in [1.807, 2.05) is 0 Å². The largest absolute Gasteiger partial charge is 0.397 e. The lowest BCUT2D eigenvalue weighted by Crippen LogP contribution is -2.38. The highest BCUT2D eigenvalue weighted by molar-refractivity contribution is 9.10. The van der Waals surface area contributed by atoms with Gasteiger partial charge in [0, 0.05) is 17.1 Å². The van der Waals surface area contributed by atoms with E-state index in [0.717, 1.165) is 16.7 Å². The molecule has 0 radical (unpaired) electrons. The van der Waals surface area contributed by atoms with Gasteiger partial charge in [-0.25, -0.2) is 0 Å². The first kappa shape index (κ1) is 11.8. The predicted molar refractivity (Wildman–Crippen MR) is 74.0 cm³/mol. The summed E-state index contributed by atoms with van der Waals surface area (Å²) in [6.45, 7) is 5.47. The van der Waals surface area contributed by atoms with Crippen molar-refractivity contribution in [1.82, 2.24) is 0 Å². The Morgan fingerprint density at radius 1 is 1.38 bits per heavy atom. The Hall–Kier alpha value is -0.700. The van der Waals surface area contributed by atoms with Gasteiger partial charge >= 0.3 is 0 Å². The van der Waals surface area contributed by atoms with E-state index in [9.17, 15) is 0 Å². The average Bonchev–Trinajstić information content (AvgIpc) is 2.19. The highest BCUT2D eigenvalue weighted by atomic mass is 79.9. The third-order valence-electron chi connectivity index (χ3n) is 3.33. The molecule has 1 fully saturated rings. The first-order valence-electron chi connectivity index (χ1n) is 5.92. The number of piperidine rings is 1. The summed E-state index contributed by atoms with van der Waals surface area (Å²) < 4.78 is 1.12. The standard InChI is InChI=1S/C13H19BrN2/c1-9-7-11(14)13(12(15)8-9)16-6-4-3-5-10(16)2/h7-8,10H,3-6,15H2,1-2H3/t10-/m1/s1. The molecule has 1 atom stereocenters. The summed E-state index contributed by atoms with van der Waals surface area (Å²) in [6.07, 6.45) is 3.87. The molecule has 1 saturated heterocycles. The first-order valence-corrected chi connectivity index (χ1v) is 6.71. The van der Waals surface area contributed by atoms with Crippen LogP contribution < -0.4 is 10.6 Å². The van der Waals surface area contributed by atoms with Crippen molar-refractivity contribution in [3.8, 4) is 0 Å². The zero-order valence-corrected chi connectivity index (χ0v) is 11.5. The van der Waals surface area contributed by atoms with E-state index in [1.54, 1.807) is 0 Å². The molecule has 88 valence electrons. The summed E-state index contributed by atoms with van der Waals surface area (Å²) in [4.78, 5) is 2.43. The molecule has 16 heavy (non-hydrogen) atoms. The molecule has 0 aliphatic carbocycles. The van der Waals surface area contributed by atoms with Crippen LogP contribution in [0.1, 0.15) is 31.7 Å². The molecule has 0 bridgehead atoms. The Morgan fingerprint density at radius 3 is 2.75 bits per heavy atom. The Bertz CT molecular complexity index is 367. The fraction of sp³-hybridized carbons (Fsp3) is 0.538. The number of nitrogen functional groups attached to an aromatic ring is 1. The maximum Gasteiger partial charge on any atom is 0.0746 e. The van der Waals surface area contributed by atoms with Gasteiger partial charge in [0.05, 0.1) is 11.4 Å². The molecule has 1 aliphatic heterocycles. The lowest BCUT2D eigenvalue weighted by molar-refractivity contribution is 0.485. The molecular weight excluding hydrogens is 264 g/mol. The van der Waals surface area contributed by atoms with E-state index < -0.39 is 0 Å². The number of halogens is 1. The van der Waals surface area contributed by atoms with Crippen LogP contribution in [-0.4, -0.2) is 12.6 Å². The van der Waals surface area contributed by atoms with Gasteiger partial charge in [-0.2, -0.15) is 0 Å². The third kappa shape index (κ3) is 2.19. The van der Waals surface area contributed by atoms with Gasteiger partial charge in [-0.1, -0.05) is 0 Å². The van der Waals surface area contributed by atoms with E-state index in [1.165, 1.54) is 30.5 Å². The maximum absolute atomic E-state index is 6.14. The maximum atomic E-state index is 6.14. The molecule has 0 spiro atoms. The fourth-order valence-electron chi connectivity index (χ4n) is 2.49. The van der Waals surface area contributed by atoms with Crippen LogP contribution in [0, 0.1) is 6.92 Å². The highest BCUT2D eigenvalue weighted by Crippen LogP contribution is 2.37. The second-order valence-electron chi connectivity index (χ2n) is 4.72. The molecule has 3 heteroatoms. The highest BCUT2D eigenvalue weighted by Gasteiger charge is 2.22. The summed E-state index contributed by atoms with van der Waals surface area (Å²) >= 11 is 3.64. The Morgan fingerprint density at radius 2 is 2.12 bits per heavy atom. The zero-order chi connectivity index (χ0) is 11.7. The van der Waals surface area contributed by atoms with E-state index in [0.29, 0.717) is 6.04 Å². The Balaban J connectivity index is 2.38. The quantitative estimate of drug-likeness (QED) is 0.796. The van der Waals surface area contributed by atoms with Crippen molar-refractivity contribution in [2.24, 2.45) is 0 Å². The van der Waals surface area contributed by atoms with Crippen LogP contribution in [0.25, 0.3) is 0 Å². The number of nitrogens with zero attached hydrogens (tertiary/aromatic N) is 1. The van der Waals surface area contributed by atoms with Crippen molar-refractivity contribution < 1.29 is 0 Å². The lowest BCUT2D eigenvalue weighted by Gasteiger charge is -2.36. The van der Waals surface area contributed by atoms with E-state index in [-0.39, 0.29) is 0 Å². The lowest BCUT2D eigenvalue weighted by atomic mass is 10.0. The summed E-state index contributed by atoms with van der Waals surface area (Å²) in [5.74, 6) is 0. The number of hydrogen-bond donors (Lipinski definition) is 1. The van der Waals surface area contributed by atoms with Gasteiger partial charge in [-0.05, 0) is 66.7 Å². The summed E-state index contributed by atoms with van der Waals surface area (Å²) in [5, 5.41) is 0. The number of benzene rings is 1. The molecule has 1 aliphatic rings. The van der Waals surface area contributed by atoms with Gasteiger partial charge < -0.3 is 10.6 Å². The van der Waals surface area contributed by atoms with Crippen molar-refractivity contribution in [2.75, 3.05) is 17.2 Å². The number of nitrogens with two attached hydrogens (primary N) is 1. The molecule has 2 N–H and O–H groups in total. The molecular formula is C13H19BrN2. The number of rotatable bonds is 1. The van der Waals surface area contributed by atoms with Gasteiger partial charge in [0.1, 0.15) is 0 Å². The van der Waals surface area contributed by atoms with E-state index in [2.05, 4.69) is 46.8 Å². The fourth-order valence-corrected chi connectivity index (χ4v) is 3.31. The van der Waals surface area contributed by atoms with Crippen LogP contribution >= 0.6 is 15.9 Å². The normalized spacial score (nSPS) is 21.2. The molecule has 1 aromatic rings. The van der Waals surface area contributed by atoms with Crippen LogP contribution in [0.4, 0.5) is 11.4 Å². The topological polar surface area (TPSA) is 29.3 Å². The second kappa shape index (κ2) is 4.66. The van der Waals surface area contributed by atoms with Crippen LogP contribution in [0.2, 0.25) is 0 Å². The first-order chi connectivity index (χ1) is 7.59. The van der Waals surface area contributed by atoms with Crippen LogP contribution in [0.5, 0.6) is 0 Å². The molecule has 0 unspecified atom stereocenters. The second-order valence-corrected chi connectivity index (χ2v) is 5.58.